The zero-order chi connectivity index (χ0) is 14.8. The summed E-state index contributed by atoms with van der Waals surface area (Å²) < 4.78 is 74.8. The van der Waals surface area contributed by atoms with E-state index in [9.17, 15) is 31.1 Å². The van der Waals surface area contributed by atoms with Crippen LogP contribution in [-0.4, -0.2) is 27.9 Å². The summed E-state index contributed by atoms with van der Waals surface area (Å²) in [6, 6.07) is 0. The van der Waals surface area contributed by atoms with Crippen LogP contribution < -0.4 is 0 Å². The van der Waals surface area contributed by atoms with E-state index < -0.39 is 30.5 Å². The Balaban J connectivity index is 2.74. The molecule has 0 saturated carbocycles. The minimum atomic E-state index is -5.62. The minimum absolute atomic E-state index is 0.213. The first-order valence-electron chi connectivity index (χ1n) is 5.15. The van der Waals surface area contributed by atoms with Crippen molar-refractivity contribution < 1.29 is 31.1 Å². The van der Waals surface area contributed by atoms with Gasteiger partial charge in [0, 0.05) is 19.7 Å². The van der Waals surface area contributed by atoms with Crippen molar-refractivity contribution in [1.82, 2.24) is 9.78 Å². The van der Waals surface area contributed by atoms with E-state index in [1.54, 1.807) is 7.05 Å². The van der Waals surface area contributed by atoms with Crippen LogP contribution in [0.25, 0.3) is 0 Å². The first-order chi connectivity index (χ1) is 8.51. The van der Waals surface area contributed by atoms with Crippen LogP contribution >= 0.6 is 0 Å². The van der Waals surface area contributed by atoms with Crippen molar-refractivity contribution in [3.8, 4) is 0 Å². The van der Waals surface area contributed by atoms with Gasteiger partial charge in [0.15, 0.2) is 5.78 Å². The van der Waals surface area contributed by atoms with Gasteiger partial charge in [-0.2, -0.15) is 31.4 Å². The molecule has 1 aromatic heterocycles. The second kappa shape index (κ2) is 5.22. The quantitative estimate of drug-likeness (QED) is 0.798. The highest BCUT2D eigenvalue weighted by Gasteiger charge is 2.60. The molecule has 1 heterocycles. The second-order valence-electron chi connectivity index (χ2n) is 4.00. The van der Waals surface area contributed by atoms with Crippen LogP contribution in [0.1, 0.15) is 12.0 Å². The molecule has 19 heavy (non-hydrogen) atoms. The third kappa shape index (κ3) is 4.25. The average Bonchev–Trinajstić information content (AvgIpc) is 2.56. The molecule has 0 aliphatic rings. The monoisotopic (exact) mass is 288 g/mol. The topological polar surface area (TPSA) is 34.9 Å². The summed E-state index contributed by atoms with van der Waals surface area (Å²) in [6.07, 6.45) is -9.59. The number of carbonyl (C=O) groups is 1. The van der Waals surface area contributed by atoms with Crippen LogP contribution in [0.2, 0.25) is 0 Å². The molecular weight excluding hydrogens is 278 g/mol. The van der Waals surface area contributed by atoms with Crippen molar-refractivity contribution >= 4 is 5.78 Å². The molecule has 3 nitrogen and oxygen atoms in total. The number of alkyl halides is 6. The molecule has 0 amide bonds. The largest absolute Gasteiger partial charge is 0.407 e. The fourth-order valence-electron chi connectivity index (χ4n) is 1.56. The van der Waals surface area contributed by atoms with Gasteiger partial charge >= 0.3 is 12.4 Å². The Morgan fingerprint density at radius 3 is 2.16 bits per heavy atom. The highest BCUT2D eigenvalue weighted by molar-refractivity contribution is 5.82. The highest BCUT2D eigenvalue weighted by atomic mass is 19.4. The third-order valence-electron chi connectivity index (χ3n) is 2.40. The van der Waals surface area contributed by atoms with Crippen molar-refractivity contribution in [1.29, 1.82) is 0 Å². The SMILES string of the molecule is Cn1cc(CCC(=O)C(C(F)(F)F)C(F)(F)F)cn1. The van der Waals surface area contributed by atoms with Crippen LogP contribution in [-0.2, 0) is 18.3 Å². The van der Waals surface area contributed by atoms with Crippen molar-refractivity contribution in [2.75, 3.05) is 0 Å². The van der Waals surface area contributed by atoms with E-state index in [-0.39, 0.29) is 6.42 Å². The van der Waals surface area contributed by atoms with E-state index >= 15 is 0 Å². The first-order valence-corrected chi connectivity index (χ1v) is 5.15. The number of carbonyl (C=O) groups excluding carboxylic acids is 1. The molecule has 1 aromatic rings. The molecule has 1 rings (SSSR count). The summed E-state index contributed by atoms with van der Waals surface area (Å²) in [5, 5.41) is 3.70. The van der Waals surface area contributed by atoms with Crippen molar-refractivity contribution in [2.45, 2.75) is 25.2 Å². The van der Waals surface area contributed by atoms with E-state index in [0.29, 0.717) is 5.56 Å². The number of aromatic nitrogens is 2. The van der Waals surface area contributed by atoms with Crippen LogP contribution in [0.4, 0.5) is 26.3 Å². The second-order valence-corrected chi connectivity index (χ2v) is 4.00. The van der Waals surface area contributed by atoms with Crippen molar-refractivity contribution in [3.05, 3.63) is 18.0 Å². The number of halogens is 6. The van der Waals surface area contributed by atoms with Crippen LogP contribution in [0.5, 0.6) is 0 Å². The molecule has 0 bridgehead atoms. The lowest BCUT2D eigenvalue weighted by Crippen LogP contribution is -2.42. The van der Waals surface area contributed by atoms with E-state index in [1.165, 1.54) is 17.1 Å². The number of rotatable bonds is 4. The molecule has 0 spiro atoms. The fraction of sp³-hybridized carbons (Fsp3) is 0.600. The third-order valence-corrected chi connectivity index (χ3v) is 2.40. The molecule has 108 valence electrons. The lowest BCUT2D eigenvalue weighted by Gasteiger charge is -2.21. The molecule has 0 saturated heterocycles. The van der Waals surface area contributed by atoms with Gasteiger partial charge in [0.25, 0.3) is 0 Å². The van der Waals surface area contributed by atoms with Crippen LogP contribution in [0.15, 0.2) is 12.4 Å². The van der Waals surface area contributed by atoms with Crippen molar-refractivity contribution in [3.63, 3.8) is 0 Å². The Hall–Kier alpha value is -1.54. The van der Waals surface area contributed by atoms with Gasteiger partial charge in [-0.25, -0.2) is 0 Å². The molecule has 0 fully saturated rings. The molecule has 9 heteroatoms. The predicted octanol–water partition coefficient (Wildman–Crippen LogP) is 2.66. The van der Waals surface area contributed by atoms with Gasteiger partial charge in [-0.15, -0.1) is 0 Å². The molecule has 0 unspecified atom stereocenters. The smallest absolute Gasteiger partial charge is 0.299 e. The maximum absolute atomic E-state index is 12.2. The summed E-state index contributed by atoms with van der Waals surface area (Å²) in [6.45, 7) is 0. The number of nitrogens with zero attached hydrogens (tertiary/aromatic N) is 2. The molecular formula is C10H10F6N2O. The Kier molecular flexibility index (Phi) is 4.26. The van der Waals surface area contributed by atoms with Crippen molar-refractivity contribution in [2.24, 2.45) is 13.0 Å². The van der Waals surface area contributed by atoms with E-state index in [1.807, 2.05) is 0 Å². The molecule has 0 atom stereocenters. The predicted molar refractivity (Wildman–Crippen MR) is 52.1 cm³/mol. The maximum Gasteiger partial charge on any atom is 0.407 e. The van der Waals surface area contributed by atoms with Gasteiger partial charge in [0.2, 0.25) is 5.92 Å². The fourth-order valence-corrected chi connectivity index (χ4v) is 1.56. The van der Waals surface area contributed by atoms with Gasteiger partial charge in [0.1, 0.15) is 0 Å². The standard InChI is InChI=1S/C10H10F6N2O/c1-18-5-6(4-17-18)2-3-7(19)8(9(11,12)13)10(14,15)16/h4-5,8H,2-3H2,1H3. The van der Waals surface area contributed by atoms with Gasteiger partial charge < -0.3 is 0 Å². The van der Waals surface area contributed by atoms with E-state index in [2.05, 4.69) is 5.10 Å². The minimum Gasteiger partial charge on any atom is -0.299 e. The lowest BCUT2D eigenvalue weighted by molar-refractivity contribution is -0.273. The maximum atomic E-state index is 12.2. The van der Waals surface area contributed by atoms with E-state index in [0.717, 1.165) is 0 Å². The van der Waals surface area contributed by atoms with Crippen LogP contribution in [0, 0.1) is 5.92 Å². The molecule has 0 N–H and O–H groups in total. The summed E-state index contributed by atoms with van der Waals surface area (Å²) in [7, 11) is 1.54. The van der Waals surface area contributed by atoms with Crippen LogP contribution in [0.3, 0.4) is 0 Å². The Bertz CT molecular complexity index is 434. The zero-order valence-corrected chi connectivity index (χ0v) is 9.72. The molecule has 0 aliphatic carbocycles. The summed E-state index contributed by atoms with van der Waals surface area (Å²) >= 11 is 0. The molecule has 0 aliphatic heterocycles. The van der Waals surface area contributed by atoms with Gasteiger partial charge in [-0.1, -0.05) is 0 Å². The number of hydrogen-bond donors (Lipinski definition) is 0. The number of hydrogen-bond acceptors (Lipinski definition) is 2. The summed E-state index contributed by atoms with van der Waals surface area (Å²) in [4.78, 5) is 11.1. The summed E-state index contributed by atoms with van der Waals surface area (Å²) in [5.41, 5.74) is 0.402. The normalized spacial score (nSPS) is 13.1. The average molecular weight is 288 g/mol. The van der Waals surface area contributed by atoms with Gasteiger partial charge in [0.05, 0.1) is 6.20 Å². The van der Waals surface area contributed by atoms with Gasteiger partial charge in [-0.3, -0.25) is 9.48 Å². The molecule has 0 radical (unpaired) electrons. The number of aryl methyl sites for hydroxylation is 2. The lowest BCUT2D eigenvalue weighted by atomic mass is 9.98. The Labute approximate surface area is 104 Å². The summed E-state index contributed by atoms with van der Waals surface area (Å²) in [5.74, 6) is -5.81. The Morgan fingerprint density at radius 1 is 1.26 bits per heavy atom. The zero-order valence-electron chi connectivity index (χ0n) is 9.72. The first kappa shape index (κ1) is 15.5. The Morgan fingerprint density at radius 2 is 1.79 bits per heavy atom. The number of ketones is 1. The highest BCUT2D eigenvalue weighted by Crippen LogP contribution is 2.40. The number of Topliss-reactive ketones (excluding diaryl/α,β-unsaturated/α-hetero) is 1. The van der Waals surface area contributed by atoms with E-state index in [4.69, 9.17) is 0 Å². The molecule has 0 aromatic carbocycles. The van der Waals surface area contributed by atoms with Gasteiger partial charge in [-0.05, 0) is 12.0 Å².